The highest BCUT2D eigenvalue weighted by Gasteiger charge is 2.25. The van der Waals surface area contributed by atoms with Crippen LogP contribution in [0.1, 0.15) is 31.6 Å². The van der Waals surface area contributed by atoms with Gasteiger partial charge in [0.2, 0.25) is 0 Å². The summed E-state index contributed by atoms with van der Waals surface area (Å²) in [7, 11) is 4.03. The number of aliphatic imine (C=N–C) groups is 1. The smallest absolute Gasteiger partial charge is 0.193 e. The number of likely N-dealkylation sites (tertiary alicyclic amines) is 1. The summed E-state index contributed by atoms with van der Waals surface area (Å²) in [4.78, 5) is 9.24. The summed E-state index contributed by atoms with van der Waals surface area (Å²) in [5.74, 6) is 1.95. The standard InChI is InChI=1S/C15H26N4O.HI/c1-4-16-15(18(2)3)17-12-13(14-8-7-11-20-14)19-9-5-6-10-19;/h7-8,11,13H,4-6,9-10,12H2,1-3H3,(H,16,17);1H. The van der Waals surface area contributed by atoms with E-state index in [4.69, 9.17) is 9.41 Å². The first-order valence-corrected chi connectivity index (χ1v) is 7.45. The molecule has 0 aromatic carbocycles. The molecule has 1 N–H and O–H groups in total. The lowest BCUT2D eigenvalue weighted by molar-refractivity contribution is 0.220. The first-order valence-electron chi connectivity index (χ1n) is 7.45. The van der Waals surface area contributed by atoms with Crippen molar-refractivity contribution in [2.24, 2.45) is 4.99 Å². The summed E-state index contributed by atoms with van der Waals surface area (Å²) < 4.78 is 5.62. The molecule has 0 aliphatic carbocycles. The summed E-state index contributed by atoms with van der Waals surface area (Å²) in [6, 6.07) is 4.27. The van der Waals surface area contributed by atoms with Gasteiger partial charge in [-0.15, -0.1) is 24.0 Å². The average Bonchev–Trinajstić information content (AvgIpc) is 3.11. The fourth-order valence-corrected chi connectivity index (χ4v) is 2.61. The number of hydrogen-bond donors (Lipinski definition) is 1. The molecule has 1 aliphatic heterocycles. The number of hydrogen-bond acceptors (Lipinski definition) is 3. The van der Waals surface area contributed by atoms with Crippen molar-refractivity contribution in [1.82, 2.24) is 15.1 Å². The van der Waals surface area contributed by atoms with Crippen LogP contribution in [0.4, 0.5) is 0 Å². The summed E-state index contributed by atoms with van der Waals surface area (Å²) in [5, 5.41) is 3.30. The summed E-state index contributed by atoms with van der Waals surface area (Å²) in [6.45, 7) is 5.97. The molecule has 1 fully saturated rings. The van der Waals surface area contributed by atoms with E-state index in [2.05, 4.69) is 23.2 Å². The van der Waals surface area contributed by atoms with Gasteiger partial charge in [0.05, 0.1) is 18.8 Å². The zero-order valence-electron chi connectivity index (χ0n) is 13.2. The zero-order chi connectivity index (χ0) is 14.4. The Balaban J connectivity index is 0.00000220. The highest BCUT2D eigenvalue weighted by atomic mass is 127. The molecule has 1 saturated heterocycles. The molecule has 21 heavy (non-hydrogen) atoms. The second-order valence-corrected chi connectivity index (χ2v) is 5.36. The van der Waals surface area contributed by atoms with Crippen LogP contribution in [0.3, 0.4) is 0 Å². The number of furan rings is 1. The Morgan fingerprint density at radius 1 is 1.43 bits per heavy atom. The number of guanidine groups is 1. The van der Waals surface area contributed by atoms with E-state index in [9.17, 15) is 0 Å². The number of halogens is 1. The van der Waals surface area contributed by atoms with Gasteiger partial charge >= 0.3 is 0 Å². The molecule has 0 amide bonds. The molecule has 0 radical (unpaired) electrons. The number of nitrogens with one attached hydrogen (secondary N) is 1. The molecule has 1 atom stereocenters. The minimum Gasteiger partial charge on any atom is -0.468 e. The van der Waals surface area contributed by atoms with Gasteiger partial charge in [-0.3, -0.25) is 9.89 Å². The van der Waals surface area contributed by atoms with E-state index < -0.39 is 0 Å². The highest BCUT2D eigenvalue weighted by molar-refractivity contribution is 14.0. The van der Waals surface area contributed by atoms with Gasteiger partial charge < -0.3 is 14.6 Å². The van der Waals surface area contributed by atoms with Gasteiger partial charge in [-0.2, -0.15) is 0 Å². The van der Waals surface area contributed by atoms with Crippen LogP contribution in [-0.4, -0.2) is 56.0 Å². The third-order valence-corrected chi connectivity index (χ3v) is 3.63. The zero-order valence-corrected chi connectivity index (χ0v) is 15.5. The molecule has 0 saturated carbocycles. The maximum absolute atomic E-state index is 5.62. The molecule has 1 unspecified atom stereocenters. The van der Waals surface area contributed by atoms with Crippen molar-refractivity contribution < 1.29 is 4.42 Å². The van der Waals surface area contributed by atoms with Crippen LogP contribution in [0.2, 0.25) is 0 Å². The van der Waals surface area contributed by atoms with E-state index in [0.29, 0.717) is 0 Å². The predicted molar refractivity (Wildman–Crippen MR) is 97.3 cm³/mol. The lowest BCUT2D eigenvalue weighted by atomic mass is 10.2. The van der Waals surface area contributed by atoms with Gasteiger partial charge in [-0.25, -0.2) is 0 Å². The lowest BCUT2D eigenvalue weighted by Crippen LogP contribution is -2.37. The van der Waals surface area contributed by atoms with E-state index in [1.54, 1.807) is 6.26 Å². The predicted octanol–water partition coefficient (Wildman–Crippen LogP) is 2.56. The van der Waals surface area contributed by atoms with E-state index in [-0.39, 0.29) is 30.0 Å². The summed E-state index contributed by atoms with van der Waals surface area (Å²) >= 11 is 0. The Bertz CT molecular complexity index is 413. The fraction of sp³-hybridized carbons (Fsp3) is 0.667. The van der Waals surface area contributed by atoms with Crippen LogP contribution in [0.25, 0.3) is 0 Å². The SMILES string of the molecule is CCNC(=NCC(c1ccco1)N1CCCC1)N(C)C.I. The van der Waals surface area contributed by atoms with Crippen molar-refractivity contribution >= 4 is 29.9 Å². The summed E-state index contributed by atoms with van der Waals surface area (Å²) in [5.41, 5.74) is 0. The fourth-order valence-electron chi connectivity index (χ4n) is 2.61. The third-order valence-electron chi connectivity index (χ3n) is 3.63. The molecule has 1 aromatic heterocycles. The molecule has 6 heteroatoms. The van der Waals surface area contributed by atoms with E-state index in [0.717, 1.165) is 37.9 Å². The minimum atomic E-state index is 0. The van der Waals surface area contributed by atoms with Crippen molar-refractivity contribution in [2.45, 2.75) is 25.8 Å². The summed E-state index contributed by atoms with van der Waals surface area (Å²) in [6.07, 6.45) is 4.29. The van der Waals surface area contributed by atoms with Crippen molar-refractivity contribution in [3.05, 3.63) is 24.2 Å². The number of rotatable bonds is 5. The van der Waals surface area contributed by atoms with Gasteiger partial charge in [0.25, 0.3) is 0 Å². The normalized spacial score (nSPS) is 17.4. The first kappa shape index (κ1) is 18.3. The van der Waals surface area contributed by atoms with Gasteiger partial charge in [0.1, 0.15) is 5.76 Å². The van der Waals surface area contributed by atoms with Gasteiger partial charge in [-0.05, 0) is 45.0 Å². The van der Waals surface area contributed by atoms with Crippen LogP contribution in [-0.2, 0) is 0 Å². The Morgan fingerprint density at radius 3 is 2.67 bits per heavy atom. The van der Waals surface area contributed by atoms with E-state index in [1.807, 2.05) is 25.1 Å². The average molecular weight is 406 g/mol. The van der Waals surface area contributed by atoms with Crippen molar-refractivity contribution in [2.75, 3.05) is 40.3 Å². The van der Waals surface area contributed by atoms with Crippen molar-refractivity contribution in [3.63, 3.8) is 0 Å². The Labute approximate surface area is 144 Å². The molecule has 120 valence electrons. The largest absolute Gasteiger partial charge is 0.468 e. The molecular weight excluding hydrogens is 379 g/mol. The molecule has 2 rings (SSSR count). The van der Waals surface area contributed by atoms with Crippen LogP contribution in [0.15, 0.2) is 27.8 Å². The molecule has 0 spiro atoms. The molecule has 5 nitrogen and oxygen atoms in total. The molecular formula is C15H27IN4O. The first-order chi connectivity index (χ1) is 9.72. The minimum absolute atomic E-state index is 0. The van der Waals surface area contributed by atoms with E-state index in [1.165, 1.54) is 12.8 Å². The van der Waals surface area contributed by atoms with Gasteiger partial charge in [0, 0.05) is 20.6 Å². The monoisotopic (exact) mass is 406 g/mol. The lowest BCUT2D eigenvalue weighted by Gasteiger charge is -2.25. The number of nitrogens with zero attached hydrogens (tertiary/aromatic N) is 3. The molecule has 2 heterocycles. The van der Waals surface area contributed by atoms with Crippen molar-refractivity contribution in [1.29, 1.82) is 0 Å². The molecule has 1 aromatic rings. The molecule has 0 bridgehead atoms. The highest BCUT2D eigenvalue weighted by Crippen LogP contribution is 2.25. The van der Waals surface area contributed by atoms with Crippen molar-refractivity contribution in [3.8, 4) is 0 Å². The maximum Gasteiger partial charge on any atom is 0.193 e. The van der Waals surface area contributed by atoms with Crippen LogP contribution in [0, 0.1) is 0 Å². The van der Waals surface area contributed by atoms with Crippen LogP contribution >= 0.6 is 24.0 Å². The van der Waals surface area contributed by atoms with E-state index >= 15 is 0 Å². The van der Waals surface area contributed by atoms with Gasteiger partial charge in [0.15, 0.2) is 5.96 Å². The quantitative estimate of drug-likeness (QED) is 0.464. The Kier molecular flexibility index (Phi) is 8.10. The third kappa shape index (κ3) is 5.18. The Hall–Kier alpha value is -0.760. The second-order valence-electron chi connectivity index (χ2n) is 5.36. The molecule has 1 aliphatic rings. The second kappa shape index (κ2) is 9.30. The maximum atomic E-state index is 5.62. The Morgan fingerprint density at radius 2 is 2.14 bits per heavy atom. The topological polar surface area (TPSA) is 44.0 Å². The van der Waals surface area contributed by atoms with Crippen LogP contribution < -0.4 is 5.32 Å². The van der Waals surface area contributed by atoms with Crippen LogP contribution in [0.5, 0.6) is 0 Å². The van der Waals surface area contributed by atoms with Gasteiger partial charge in [-0.1, -0.05) is 0 Å².